The second-order valence-electron chi connectivity index (χ2n) is 6.11. The number of amides is 2. The SMILES string of the molecule is CC(=O)Nc1cc(C(=O)NCc2cnc(OCC(F)(F)C(F)F)c(C)c2)ccn1. The summed E-state index contributed by atoms with van der Waals surface area (Å²) < 4.78 is 54.9. The zero-order valence-electron chi connectivity index (χ0n) is 15.5. The molecule has 2 aromatic rings. The highest BCUT2D eigenvalue weighted by Crippen LogP contribution is 2.25. The van der Waals surface area contributed by atoms with Crippen molar-refractivity contribution in [3.8, 4) is 5.88 Å². The highest BCUT2D eigenvalue weighted by molar-refractivity contribution is 5.96. The molecule has 0 aliphatic rings. The number of nitrogens with zero attached hydrogens (tertiary/aromatic N) is 2. The largest absolute Gasteiger partial charge is 0.471 e. The van der Waals surface area contributed by atoms with E-state index in [1.165, 1.54) is 44.4 Å². The summed E-state index contributed by atoms with van der Waals surface area (Å²) in [7, 11) is 0. The summed E-state index contributed by atoms with van der Waals surface area (Å²) >= 11 is 0. The van der Waals surface area contributed by atoms with Gasteiger partial charge in [0.25, 0.3) is 5.91 Å². The molecule has 0 aliphatic carbocycles. The molecule has 0 saturated carbocycles. The van der Waals surface area contributed by atoms with Gasteiger partial charge in [0.1, 0.15) is 5.82 Å². The molecule has 0 unspecified atom stereocenters. The van der Waals surface area contributed by atoms with E-state index >= 15 is 0 Å². The molecule has 0 atom stereocenters. The molecule has 0 spiro atoms. The molecular formula is C18H18F4N4O3. The second-order valence-corrected chi connectivity index (χ2v) is 6.11. The molecule has 0 aliphatic heterocycles. The van der Waals surface area contributed by atoms with Crippen LogP contribution in [0.25, 0.3) is 0 Å². The number of nitrogens with one attached hydrogen (secondary N) is 2. The number of carbonyl (C=O) groups excluding carboxylic acids is 2. The Balaban J connectivity index is 1.96. The van der Waals surface area contributed by atoms with Crippen LogP contribution in [0.1, 0.15) is 28.4 Å². The van der Waals surface area contributed by atoms with E-state index in [1.807, 2.05) is 0 Å². The van der Waals surface area contributed by atoms with Crippen LogP contribution in [0.3, 0.4) is 0 Å². The smallest absolute Gasteiger partial charge is 0.340 e. The Morgan fingerprint density at radius 1 is 1.24 bits per heavy atom. The van der Waals surface area contributed by atoms with Gasteiger partial charge < -0.3 is 15.4 Å². The lowest BCUT2D eigenvalue weighted by atomic mass is 10.2. The van der Waals surface area contributed by atoms with Gasteiger partial charge in [0.15, 0.2) is 6.61 Å². The molecule has 0 bridgehead atoms. The van der Waals surface area contributed by atoms with Crippen LogP contribution in [0.2, 0.25) is 0 Å². The Morgan fingerprint density at radius 2 is 1.97 bits per heavy atom. The molecule has 2 rings (SSSR count). The Hall–Kier alpha value is -3.24. The van der Waals surface area contributed by atoms with Crippen molar-refractivity contribution < 1.29 is 31.9 Å². The topological polar surface area (TPSA) is 93.2 Å². The molecule has 2 amide bonds. The van der Waals surface area contributed by atoms with E-state index in [0.717, 1.165) is 0 Å². The van der Waals surface area contributed by atoms with Crippen LogP contribution >= 0.6 is 0 Å². The van der Waals surface area contributed by atoms with Crippen LogP contribution < -0.4 is 15.4 Å². The van der Waals surface area contributed by atoms with Crippen molar-refractivity contribution in [1.29, 1.82) is 0 Å². The first-order chi connectivity index (χ1) is 13.6. The number of hydrogen-bond donors (Lipinski definition) is 2. The van der Waals surface area contributed by atoms with Crippen molar-refractivity contribution in [1.82, 2.24) is 15.3 Å². The van der Waals surface area contributed by atoms with Crippen molar-refractivity contribution in [2.24, 2.45) is 0 Å². The van der Waals surface area contributed by atoms with Crippen molar-refractivity contribution in [2.45, 2.75) is 32.7 Å². The number of ether oxygens (including phenoxy) is 1. The number of rotatable bonds is 8. The number of anilines is 1. The zero-order chi connectivity index (χ0) is 21.6. The molecule has 2 aromatic heterocycles. The molecule has 2 heterocycles. The third-order valence-electron chi connectivity index (χ3n) is 3.59. The normalized spacial score (nSPS) is 11.3. The van der Waals surface area contributed by atoms with Gasteiger partial charge in [0, 0.05) is 37.0 Å². The average molecular weight is 414 g/mol. The zero-order valence-corrected chi connectivity index (χ0v) is 15.5. The lowest BCUT2D eigenvalue weighted by Gasteiger charge is -2.16. The van der Waals surface area contributed by atoms with Crippen LogP contribution in [-0.2, 0) is 11.3 Å². The Labute approximate surface area is 163 Å². The summed E-state index contributed by atoms with van der Waals surface area (Å²) in [6.45, 7) is 1.40. The molecule has 2 N–H and O–H groups in total. The number of carbonyl (C=O) groups is 2. The van der Waals surface area contributed by atoms with Crippen molar-refractivity contribution in [2.75, 3.05) is 11.9 Å². The van der Waals surface area contributed by atoms with E-state index in [-0.39, 0.29) is 29.7 Å². The maximum absolute atomic E-state index is 12.9. The van der Waals surface area contributed by atoms with E-state index in [4.69, 9.17) is 0 Å². The number of hydrogen-bond acceptors (Lipinski definition) is 5. The number of alkyl halides is 4. The summed E-state index contributed by atoms with van der Waals surface area (Å²) in [5, 5.41) is 5.10. The molecule has 156 valence electrons. The van der Waals surface area contributed by atoms with Crippen molar-refractivity contribution in [3.63, 3.8) is 0 Å². The van der Waals surface area contributed by atoms with Gasteiger partial charge in [-0.2, -0.15) is 8.78 Å². The van der Waals surface area contributed by atoms with Gasteiger partial charge in [-0.15, -0.1) is 0 Å². The summed E-state index contributed by atoms with van der Waals surface area (Å²) in [5.74, 6) is -5.01. The van der Waals surface area contributed by atoms with Crippen LogP contribution in [0.5, 0.6) is 5.88 Å². The predicted octanol–water partition coefficient (Wildman–Crippen LogP) is 2.95. The maximum atomic E-state index is 12.9. The van der Waals surface area contributed by atoms with Gasteiger partial charge in [-0.25, -0.2) is 18.7 Å². The van der Waals surface area contributed by atoms with Gasteiger partial charge >= 0.3 is 12.3 Å². The minimum absolute atomic E-state index is 0.0674. The van der Waals surface area contributed by atoms with Gasteiger partial charge in [-0.1, -0.05) is 0 Å². The summed E-state index contributed by atoms with van der Waals surface area (Å²) in [5.41, 5.74) is 1.15. The fourth-order valence-corrected chi connectivity index (χ4v) is 2.20. The maximum Gasteiger partial charge on any atom is 0.340 e. The number of pyridine rings is 2. The molecule has 0 saturated heterocycles. The predicted molar refractivity (Wildman–Crippen MR) is 95.1 cm³/mol. The number of halogens is 4. The third kappa shape index (κ3) is 6.40. The quantitative estimate of drug-likeness (QED) is 0.648. The van der Waals surface area contributed by atoms with E-state index in [1.54, 1.807) is 0 Å². The lowest BCUT2D eigenvalue weighted by Crippen LogP contribution is -2.34. The van der Waals surface area contributed by atoms with Crippen molar-refractivity contribution >= 4 is 17.6 Å². The molecule has 29 heavy (non-hydrogen) atoms. The lowest BCUT2D eigenvalue weighted by molar-refractivity contribution is -0.148. The van der Waals surface area contributed by atoms with Crippen LogP contribution in [0.15, 0.2) is 30.6 Å². The summed E-state index contributed by atoms with van der Waals surface area (Å²) in [6, 6.07) is 4.39. The van der Waals surface area contributed by atoms with Gasteiger partial charge in [-0.3, -0.25) is 9.59 Å². The highest BCUT2D eigenvalue weighted by Gasteiger charge is 2.41. The standard InChI is InChI=1S/C18H18F4N4O3/c1-10-5-12(8-25-16(10)29-9-18(21,22)17(19)20)7-24-15(28)13-3-4-23-14(6-13)26-11(2)27/h3-6,8,17H,7,9H2,1-2H3,(H,24,28)(H,23,26,27). The fourth-order valence-electron chi connectivity index (χ4n) is 2.20. The number of aryl methyl sites for hydroxylation is 1. The molecule has 7 nitrogen and oxygen atoms in total. The van der Waals surface area contributed by atoms with Crippen LogP contribution in [0, 0.1) is 6.92 Å². The summed E-state index contributed by atoms with van der Waals surface area (Å²) in [6.07, 6.45) is -1.19. The fraction of sp³-hybridized carbons (Fsp3) is 0.333. The first-order valence-corrected chi connectivity index (χ1v) is 8.34. The first-order valence-electron chi connectivity index (χ1n) is 8.34. The Morgan fingerprint density at radius 3 is 2.59 bits per heavy atom. The van der Waals surface area contributed by atoms with Crippen LogP contribution in [-0.4, -0.2) is 40.7 Å². The van der Waals surface area contributed by atoms with Gasteiger partial charge in [0.2, 0.25) is 11.8 Å². The van der Waals surface area contributed by atoms with E-state index in [2.05, 4.69) is 25.3 Å². The minimum atomic E-state index is -4.28. The molecule has 11 heteroatoms. The summed E-state index contributed by atoms with van der Waals surface area (Å²) in [4.78, 5) is 31.0. The third-order valence-corrected chi connectivity index (χ3v) is 3.59. The highest BCUT2D eigenvalue weighted by atomic mass is 19.3. The van der Waals surface area contributed by atoms with E-state index in [0.29, 0.717) is 11.1 Å². The average Bonchev–Trinajstić information content (AvgIpc) is 2.65. The van der Waals surface area contributed by atoms with E-state index < -0.39 is 24.9 Å². The van der Waals surface area contributed by atoms with Crippen molar-refractivity contribution in [3.05, 3.63) is 47.3 Å². The molecule has 0 radical (unpaired) electrons. The Bertz CT molecular complexity index is 893. The molecular weight excluding hydrogens is 396 g/mol. The van der Waals surface area contributed by atoms with E-state index in [9.17, 15) is 27.2 Å². The van der Waals surface area contributed by atoms with Gasteiger partial charge in [0.05, 0.1) is 0 Å². The molecule has 0 aromatic carbocycles. The second kappa shape index (κ2) is 9.30. The minimum Gasteiger partial charge on any atom is -0.471 e. The number of aromatic nitrogens is 2. The first kappa shape index (κ1) is 22.1. The van der Waals surface area contributed by atoms with Crippen LogP contribution in [0.4, 0.5) is 23.4 Å². The molecule has 0 fully saturated rings. The Kier molecular flexibility index (Phi) is 7.08. The monoisotopic (exact) mass is 414 g/mol. The van der Waals surface area contributed by atoms with Gasteiger partial charge in [-0.05, 0) is 30.7 Å².